The number of hydrogen-bond acceptors (Lipinski definition) is 3. The Morgan fingerprint density at radius 2 is 2.25 bits per heavy atom. The topological polar surface area (TPSA) is 88.0 Å². The van der Waals surface area contributed by atoms with Gasteiger partial charge in [-0.2, -0.15) is 0 Å². The molecule has 1 aromatic heterocycles. The largest absolute Gasteiger partial charge is 0.358 e. The van der Waals surface area contributed by atoms with Gasteiger partial charge in [-0.1, -0.05) is 15.9 Å². The fraction of sp³-hybridized carbons (Fsp3) is 0.444. The zero-order valence-electron chi connectivity index (χ0n) is 8.53. The molecule has 0 bridgehead atoms. The van der Waals surface area contributed by atoms with Crippen LogP contribution in [0.4, 0.5) is 5.82 Å². The van der Waals surface area contributed by atoms with E-state index in [-0.39, 0.29) is 17.4 Å². The third kappa shape index (κ3) is 3.65. The number of aromatic amines is 1. The van der Waals surface area contributed by atoms with Crippen LogP contribution in [0.2, 0.25) is 0 Å². The van der Waals surface area contributed by atoms with E-state index in [0.717, 1.165) is 18.2 Å². The number of aromatic nitrogens is 1. The summed E-state index contributed by atoms with van der Waals surface area (Å²) in [4.78, 5) is 23.7. The van der Waals surface area contributed by atoms with Gasteiger partial charge in [0, 0.05) is 17.9 Å². The molecule has 6 nitrogen and oxygen atoms in total. The summed E-state index contributed by atoms with van der Waals surface area (Å²) in [7, 11) is 0. The number of carbonyl (C=O) groups is 1. The standard InChI is InChI=1S/C9H12BrN3O3/c10-5-1-2-6-11-9(14)7-3-4-8(12-7)13(15)16/h3-4,12H,1-2,5-6H2,(H,11,14). The molecule has 0 fully saturated rings. The third-order valence-corrected chi connectivity index (χ3v) is 2.52. The minimum absolute atomic E-state index is 0.175. The fourth-order valence-electron chi connectivity index (χ4n) is 1.14. The van der Waals surface area contributed by atoms with Crippen LogP contribution in [0, 0.1) is 10.1 Å². The van der Waals surface area contributed by atoms with E-state index in [0.29, 0.717) is 6.54 Å². The van der Waals surface area contributed by atoms with Gasteiger partial charge in [0.25, 0.3) is 5.91 Å². The van der Waals surface area contributed by atoms with Crippen molar-refractivity contribution in [3.8, 4) is 0 Å². The zero-order chi connectivity index (χ0) is 12.0. The van der Waals surface area contributed by atoms with Gasteiger partial charge < -0.3 is 15.4 Å². The van der Waals surface area contributed by atoms with Gasteiger partial charge in [0.05, 0.1) is 0 Å². The van der Waals surface area contributed by atoms with E-state index >= 15 is 0 Å². The van der Waals surface area contributed by atoms with Gasteiger partial charge in [0.2, 0.25) is 0 Å². The molecule has 1 rings (SSSR count). The summed E-state index contributed by atoms with van der Waals surface area (Å²) < 4.78 is 0. The average molecular weight is 290 g/mol. The lowest BCUT2D eigenvalue weighted by atomic mass is 10.3. The summed E-state index contributed by atoms with van der Waals surface area (Å²) in [6.45, 7) is 0.567. The maximum atomic E-state index is 11.5. The lowest BCUT2D eigenvalue weighted by molar-refractivity contribution is -0.389. The molecule has 0 aliphatic carbocycles. The number of nitrogens with one attached hydrogen (secondary N) is 2. The number of carbonyl (C=O) groups excluding carboxylic acids is 1. The Bertz CT molecular complexity index is 378. The van der Waals surface area contributed by atoms with Crippen LogP contribution in [0.1, 0.15) is 23.3 Å². The van der Waals surface area contributed by atoms with Crippen LogP contribution in [0.15, 0.2) is 12.1 Å². The summed E-state index contributed by atoms with van der Waals surface area (Å²) in [6.07, 6.45) is 1.85. The number of halogens is 1. The Kier molecular flexibility index (Phi) is 4.97. The quantitative estimate of drug-likeness (QED) is 0.362. The second-order valence-electron chi connectivity index (χ2n) is 3.17. The summed E-state index contributed by atoms with van der Waals surface area (Å²) in [5.74, 6) is -0.492. The van der Waals surface area contributed by atoms with Crippen molar-refractivity contribution in [3.05, 3.63) is 27.9 Å². The Balaban J connectivity index is 2.43. The maximum Gasteiger partial charge on any atom is 0.321 e. The fourth-order valence-corrected chi connectivity index (χ4v) is 1.54. The van der Waals surface area contributed by atoms with Gasteiger partial charge in [-0.3, -0.25) is 4.79 Å². The average Bonchev–Trinajstić information content (AvgIpc) is 2.73. The molecule has 0 saturated carbocycles. The minimum atomic E-state index is -0.568. The molecule has 0 aliphatic heterocycles. The van der Waals surface area contributed by atoms with Crippen molar-refractivity contribution in [1.82, 2.24) is 10.3 Å². The molecule has 1 heterocycles. The summed E-state index contributed by atoms with van der Waals surface area (Å²) in [5.41, 5.74) is 0.213. The molecule has 0 aromatic carbocycles. The zero-order valence-corrected chi connectivity index (χ0v) is 10.1. The minimum Gasteiger partial charge on any atom is -0.358 e. The van der Waals surface area contributed by atoms with Crippen LogP contribution in [0.3, 0.4) is 0 Å². The summed E-state index contributed by atoms with van der Waals surface area (Å²) in [5, 5.41) is 13.9. The van der Waals surface area contributed by atoms with Gasteiger partial charge in [-0.15, -0.1) is 0 Å². The van der Waals surface area contributed by atoms with Gasteiger partial charge in [0.15, 0.2) is 5.69 Å². The van der Waals surface area contributed by atoms with E-state index in [9.17, 15) is 14.9 Å². The molecule has 0 saturated heterocycles. The molecule has 0 unspecified atom stereocenters. The van der Waals surface area contributed by atoms with Crippen LogP contribution in [-0.4, -0.2) is 27.7 Å². The lowest BCUT2D eigenvalue weighted by Gasteiger charge is -2.00. The van der Waals surface area contributed by atoms with E-state index in [4.69, 9.17) is 0 Å². The van der Waals surface area contributed by atoms with E-state index in [1.54, 1.807) is 0 Å². The Morgan fingerprint density at radius 3 is 2.81 bits per heavy atom. The smallest absolute Gasteiger partial charge is 0.321 e. The number of nitro groups is 1. The lowest BCUT2D eigenvalue weighted by Crippen LogP contribution is -2.24. The number of unbranched alkanes of at least 4 members (excludes halogenated alkanes) is 1. The Labute approximate surface area is 101 Å². The van der Waals surface area contributed by atoms with Crippen LogP contribution in [-0.2, 0) is 0 Å². The molecule has 1 amide bonds. The second kappa shape index (κ2) is 6.26. The maximum absolute atomic E-state index is 11.5. The summed E-state index contributed by atoms with van der Waals surface area (Å²) >= 11 is 3.29. The predicted molar refractivity (Wildman–Crippen MR) is 62.8 cm³/mol. The first-order valence-electron chi connectivity index (χ1n) is 4.82. The number of hydrogen-bond donors (Lipinski definition) is 2. The Morgan fingerprint density at radius 1 is 1.50 bits per heavy atom. The first kappa shape index (κ1) is 12.7. The SMILES string of the molecule is O=C(NCCCCBr)c1ccc([N+](=O)[O-])[nH]1. The van der Waals surface area contributed by atoms with Crippen LogP contribution in [0.5, 0.6) is 0 Å². The highest BCUT2D eigenvalue weighted by Gasteiger charge is 2.14. The molecule has 0 spiro atoms. The van der Waals surface area contributed by atoms with E-state index < -0.39 is 4.92 Å². The van der Waals surface area contributed by atoms with E-state index in [1.165, 1.54) is 12.1 Å². The number of rotatable bonds is 6. The van der Waals surface area contributed by atoms with Gasteiger partial charge in [-0.05, 0) is 23.8 Å². The highest BCUT2D eigenvalue weighted by Crippen LogP contribution is 2.09. The van der Waals surface area contributed by atoms with Gasteiger partial charge in [0.1, 0.15) is 0 Å². The highest BCUT2D eigenvalue weighted by molar-refractivity contribution is 9.09. The van der Waals surface area contributed by atoms with Crippen molar-refractivity contribution in [2.45, 2.75) is 12.8 Å². The Hall–Kier alpha value is -1.37. The first-order chi connectivity index (χ1) is 7.65. The van der Waals surface area contributed by atoms with Gasteiger partial charge in [-0.25, -0.2) is 4.98 Å². The van der Waals surface area contributed by atoms with Crippen LogP contribution < -0.4 is 5.32 Å². The molecule has 7 heteroatoms. The molecule has 16 heavy (non-hydrogen) atoms. The third-order valence-electron chi connectivity index (χ3n) is 1.96. The van der Waals surface area contributed by atoms with Crippen molar-refractivity contribution in [3.63, 3.8) is 0 Å². The van der Waals surface area contributed by atoms with Crippen LogP contribution in [0.25, 0.3) is 0 Å². The molecule has 0 radical (unpaired) electrons. The first-order valence-corrected chi connectivity index (χ1v) is 5.95. The van der Waals surface area contributed by atoms with E-state index in [2.05, 4.69) is 26.2 Å². The molecule has 88 valence electrons. The monoisotopic (exact) mass is 289 g/mol. The number of nitrogens with zero attached hydrogens (tertiary/aromatic N) is 1. The normalized spacial score (nSPS) is 10.1. The van der Waals surface area contributed by atoms with Crippen molar-refractivity contribution in [1.29, 1.82) is 0 Å². The van der Waals surface area contributed by atoms with Crippen molar-refractivity contribution < 1.29 is 9.72 Å². The summed E-state index contributed by atoms with van der Waals surface area (Å²) in [6, 6.07) is 2.67. The number of H-pyrrole nitrogens is 1. The van der Waals surface area contributed by atoms with Gasteiger partial charge >= 0.3 is 5.82 Å². The molecule has 0 atom stereocenters. The predicted octanol–water partition coefficient (Wildman–Crippen LogP) is 1.83. The molecule has 0 aliphatic rings. The molecule has 2 N–H and O–H groups in total. The molecular formula is C9H12BrN3O3. The van der Waals surface area contributed by atoms with E-state index in [1.807, 2.05) is 0 Å². The number of alkyl halides is 1. The van der Waals surface area contributed by atoms with Crippen molar-refractivity contribution >= 4 is 27.7 Å². The van der Waals surface area contributed by atoms with Crippen molar-refractivity contribution in [2.24, 2.45) is 0 Å². The number of amides is 1. The van der Waals surface area contributed by atoms with Crippen LogP contribution >= 0.6 is 15.9 Å². The second-order valence-corrected chi connectivity index (χ2v) is 3.96. The highest BCUT2D eigenvalue weighted by atomic mass is 79.9. The molecule has 1 aromatic rings. The van der Waals surface area contributed by atoms with Crippen molar-refractivity contribution in [2.75, 3.05) is 11.9 Å². The molecular weight excluding hydrogens is 278 g/mol.